The maximum absolute atomic E-state index is 13.0. The number of rotatable bonds is 6. The van der Waals surface area contributed by atoms with Crippen LogP contribution in [0, 0.1) is 5.92 Å². The minimum Gasteiger partial charge on any atom is -0.494 e. The van der Waals surface area contributed by atoms with E-state index >= 15 is 0 Å². The molecule has 31 heavy (non-hydrogen) atoms. The van der Waals surface area contributed by atoms with E-state index in [9.17, 15) is 9.59 Å². The number of nitrogens with zero attached hydrogens (tertiary/aromatic N) is 1. The summed E-state index contributed by atoms with van der Waals surface area (Å²) in [5.41, 5.74) is 1.77. The number of piperidine rings is 1. The fourth-order valence-corrected chi connectivity index (χ4v) is 4.18. The number of benzene rings is 3. The second-order valence-corrected chi connectivity index (χ2v) is 7.94. The van der Waals surface area contributed by atoms with Gasteiger partial charge in [-0.2, -0.15) is 0 Å². The Morgan fingerprint density at radius 1 is 1.03 bits per heavy atom. The number of carbonyl (C=O) groups excluding carboxylic acids is 2. The van der Waals surface area contributed by atoms with Gasteiger partial charge in [0, 0.05) is 18.8 Å². The highest BCUT2D eigenvalue weighted by Crippen LogP contribution is 2.23. The minimum absolute atomic E-state index is 0.0354. The molecule has 0 saturated carbocycles. The van der Waals surface area contributed by atoms with Crippen LogP contribution < -0.4 is 10.1 Å². The lowest BCUT2D eigenvalue weighted by Crippen LogP contribution is -2.44. The zero-order valence-electron chi connectivity index (χ0n) is 17.8. The molecule has 3 aromatic rings. The molecule has 1 heterocycles. The summed E-state index contributed by atoms with van der Waals surface area (Å²) in [5, 5.41) is 5.23. The SMILES string of the molecule is CCOc1ccc(NC(=O)[C@H]2CCCN(C(=O)Cc3cccc4ccccc34)C2)cc1. The van der Waals surface area contributed by atoms with Crippen LogP contribution in [0.1, 0.15) is 25.3 Å². The van der Waals surface area contributed by atoms with Crippen LogP contribution in [0.15, 0.2) is 66.7 Å². The number of amides is 2. The highest BCUT2D eigenvalue weighted by atomic mass is 16.5. The zero-order chi connectivity index (χ0) is 21.6. The van der Waals surface area contributed by atoms with E-state index in [1.165, 1.54) is 0 Å². The highest BCUT2D eigenvalue weighted by Gasteiger charge is 2.28. The van der Waals surface area contributed by atoms with E-state index in [4.69, 9.17) is 4.74 Å². The molecule has 0 aliphatic carbocycles. The van der Waals surface area contributed by atoms with Gasteiger partial charge in [0.15, 0.2) is 0 Å². The van der Waals surface area contributed by atoms with Crippen LogP contribution in [0.3, 0.4) is 0 Å². The molecule has 5 heteroatoms. The van der Waals surface area contributed by atoms with Crippen molar-refractivity contribution in [1.82, 2.24) is 4.90 Å². The lowest BCUT2D eigenvalue weighted by molar-refractivity contribution is -0.133. The minimum atomic E-state index is -0.197. The Bertz CT molecular complexity index is 1060. The van der Waals surface area contributed by atoms with Crippen LogP contribution >= 0.6 is 0 Å². The van der Waals surface area contributed by atoms with Crippen molar-refractivity contribution in [2.24, 2.45) is 5.92 Å². The van der Waals surface area contributed by atoms with Crippen molar-refractivity contribution in [2.75, 3.05) is 25.0 Å². The summed E-state index contributed by atoms with van der Waals surface area (Å²) >= 11 is 0. The largest absolute Gasteiger partial charge is 0.494 e. The number of likely N-dealkylation sites (tertiary alicyclic amines) is 1. The number of fused-ring (bicyclic) bond motifs is 1. The molecule has 2 amide bonds. The van der Waals surface area contributed by atoms with E-state index in [1.54, 1.807) is 0 Å². The predicted molar refractivity (Wildman–Crippen MR) is 123 cm³/mol. The molecular formula is C26H28N2O3. The monoisotopic (exact) mass is 416 g/mol. The summed E-state index contributed by atoms with van der Waals surface area (Å²) in [6, 6.07) is 21.6. The first kappa shape index (κ1) is 20.9. The first-order chi connectivity index (χ1) is 15.1. The molecule has 0 aromatic heterocycles. The van der Waals surface area contributed by atoms with Crippen LogP contribution in [0.5, 0.6) is 5.75 Å². The van der Waals surface area contributed by atoms with Gasteiger partial charge in [-0.25, -0.2) is 0 Å². The first-order valence-corrected chi connectivity index (χ1v) is 10.9. The molecule has 1 aliphatic rings. The van der Waals surface area contributed by atoms with Gasteiger partial charge in [0.05, 0.1) is 18.9 Å². The summed E-state index contributed by atoms with van der Waals surface area (Å²) in [4.78, 5) is 27.7. The van der Waals surface area contributed by atoms with Crippen LogP contribution in [-0.2, 0) is 16.0 Å². The Morgan fingerprint density at radius 3 is 2.61 bits per heavy atom. The van der Waals surface area contributed by atoms with Crippen molar-refractivity contribution in [3.8, 4) is 5.75 Å². The summed E-state index contributed by atoms with van der Waals surface area (Å²) < 4.78 is 5.44. The molecule has 1 atom stereocenters. The molecule has 1 saturated heterocycles. The highest BCUT2D eigenvalue weighted by molar-refractivity contribution is 5.94. The number of anilines is 1. The van der Waals surface area contributed by atoms with Gasteiger partial charge in [-0.3, -0.25) is 9.59 Å². The third-order valence-electron chi connectivity index (χ3n) is 5.80. The molecule has 0 unspecified atom stereocenters. The second-order valence-electron chi connectivity index (χ2n) is 7.94. The van der Waals surface area contributed by atoms with Gasteiger partial charge >= 0.3 is 0 Å². The molecule has 0 radical (unpaired) electrons. The van der Waals surface area contributed by atoms with Gasteiger partial charge in [-0.1, -0.05) is 42.5 Å². The quantitative estimate of drug-likeness (QED) is 0.636. The first-order valence-electron chi connectivity index (χ1n) is 10.9. The summed E-state index contributed by atoms with van der Waals surface area (Å²) in [7, 11) is 0. The van der Waals surface area contributed by atoms with Crippen molar-refractivity contribution in [3.05, 3.63) is 72.3 Å². The standard InChI is InChI=1S/C26H28N2O3/c1-2-31-23-14-12-22(13-15-23)27-26(30)21-10-6-16-28(18-21)25(29)17-20-9-5-8-19-7-3-4-11-24(19)20/h3-5,7-9,11-15,21H,2,6,10,16-18H2,1H3,(H,27,30)/t21-/m0/s1. The molecule has 1 aliphatic heterocycles. The van der Waals surface area contributed by atoms with Crippen LogP contribution in [0.2, 0.25) is 0 Å². The summed E-state index contributed by atoms with van der Waals surface area (Å²) in [6.45, 7) is 3.71. The Balaban J connectivity index is 1.38. The van der Waals surface area contributed by atoms with E-state index in [2.05, 4.69) is 23.5 Å². The number of nitrogens with one attached hydrogen (secondary N) is 1. The van der Waals surface area contributed by atoms with E-state index < -0.39 is 0 Å². The molecule has 4 rings (SSSR count). The molecule has 0 spiro atoms. The molecule has 5 nitrogen and oxygen atoms in total. The number of hydrogen-bond acceptors (Lipinski definition) is 3. The summed E-state index contributed by atoms with van der Waals surface area (Å²) in [6.07, 6.45) is 1.98. The molecule has 160 valence electrons. The summed E-state index contributed by atoms with van der Waals surface area (Å²) in [5.74, 6) is 0.627. The second kappa shape index (κ2) is 9.65. The van der Waals surface area contributed by atoms with E-state index in [0.29, 0.717) is 26.1 Å². The number of ether oxygens (including phenoxy) is 1. The Hall–Kier alpha value is -3.34. The number of hydrogen-bond donors (Lipinski definition) is 1. The molecule has 1 fully saturated rings. The normalized spacial score (nSPS) is 16.2. The number of carbonyl (C=O) groups is 2. The van der Waals surface area contributed by atoms with E-state index in [1.807, 2.05) is 60.4 Å². The zero-order valence-corrected chi connectivity index (χ0v) is 17.8. The van der Waals surface area contributed by atoms with Gasteiger partial charge in [0.25, 0.3) is 0 Å². The third-order valence-corrected chi connectivity index (χ3v) is 5.80. The lowest BCUT2D eigenvalue weighted by atomic mass is 9.95. The van der Waals surface area contributed by atoms with Crippen LogP contribution in [0.4, 0.5) is 5.69 Å². The maximum atomic E-state index is 13.0. The Labute approximate surface area is 183 Å². The Kier molecular flexibility index (Phi) is 6.51. The van der Waals surface area contributed by atoms with Gasteiger partial charge in [0.1, 0.15) is 5.75 Å². The average molecular weight is 417 g/mol. The predicted octanol–water partition coefficient (Wildman–Crippen LogP) is 4.66. The fourth-order valence-electron chi connectivity index (χ4n) is 4.18. The van der Waals surface area contributed by atoms with Gasteiger partial charge in [-0.05, 0) is 60.4 Å². The third kappa shape index (κ3) is 5.05. The van der Waals surface area contributed by atoms with E-state index in [0.717, 1.165) is 40.6 Å². The lowest BCUT2D eigenvalue weighted by Gasteiger charge is -2.32. The smallest absolute Gasteiger partial charge is 0.229 e. The van der Waals surface area contributed by atoms with Gasteiger partial charge in [-0.15, -0.1) is 0 Å². The molecule has 3 aromatic carbocycles. The Morgan fingerprint density at radius 2 is 1.81 bits per heavy atom. The topological polar surface area (TPSA) is 58.6 Å². The van der Waals surface area contributed by atoms with Crippen molar-refractivity contribution in [1.29, 1.82) is 0 Å². The fraction of sp³-hybridized carbons (Fsp3) is 0.308. The van der Waals surface area contributed by atoms with Gasteiger partial charge < -0.3 is 15.0 Å². The van der Waals surface area contributed by atoms with E-state index in [-0.39, 0.29) is 17.7 Å². The molecule has 1 N–H and O–H groups in total. The van der Waals surface area contributed by atoms with Crippen LogP contribution in [0.25, 0.3) is 10.8 Å². The van der Waals surface area contributed by atoms with Gasteiger partial charge in [0.2, 0.25) is 11.8 Å². The van der Waals surface area contributed by atoms with Crippen molar-refractivity contribution < 1.29 is 14.3 Å². The van der Waals surface area contributed by atoms with Crippen LogP contribution in [-0.4, -0.2) is 36.4 Å². The average Bonchev–Trinajstić information content (AvgIpc) is 2.81. The molecule has 0 bridgehead atoms. The molecular weight excluding hydrogens is 388 g/mol. The van der Waals surface area contributed by atoms with Crippen molar-refractivity contribution in [3.63, 3.8) is 0 Å². The van der Waals surface area contributed by atoms with Crippen molar-refractivity contribution >= 4 is 28.3 Å². The maximum Gasteiger partial charge on any atom is 0.229 e. The van der Waals surface area contributed by atoms with Crippen molar-refractivity contribution in [2.45, 2.75) is 26.2 Å².